The number of carbonyl (C=O) groups excluding carboxylic acids is 1. The zero-order chi connectivity index (χ0) is 13.5. The average molecular weight is 260 g/mol. The largest absolute Gasteiger partial charge is 0.465 e. The molecule has 1 aliphatic rings. The van der Waals surface area contributed by atoms with E-state index in [1.807, 2.05) is 18.2 Å². The van der Waals surface area contributed by atoms with Crippen LogP contribution in [0.4, 0.5) is 0 Å². The van der Waals surface area contributed by atoms with E-state index in [0.29, 0.717) is 18.9 Å². The van der Waals surface area contributed by atoms with Gasteiger partial charge < -0.3 is 4.74 Å². The number of carbonyl (C=O) groups is 1. The number of esters is 1. The predicted octanol–water partition coefficient (Wildman–Crippen LogP) is 4.30. The maximum Gasteiger partial charge on any atom is 0.306 e. The molecule has 1 unspecified atom stereocenters. The highest BCUT2D eigenvalue weighted by molar-refractivity contribution is 5.69. The summed E-state index contributed by atoms with van der Waals surface area (Å²) in [5, 5.41) is 0. The van der Waals surface area contributed by atoms with Crippen LogP contribution in [0.15, 0.2) is 30.3 Å². The van der Waals surface area contributed by atoms with Crippen LogP contribution in [0.1, 0.15) is 56.9 Å². The zero-order valence-corrected chi connectivity index (χ0v) is 11.8. The maximum atomic E-state index is 11.8. The zero-order valence-electron chi connectivity index (χ0n) is 11.8. The first kappa shape index (κ1) is 14.1. The Morgan fingerprint density at radius 2 is 1.89 bits per heavy atom. The Labute approximate surface area is 116 Å². The Kier molecular flexibility index (Phi) is 5.44. The van der Waals surface area contributed by atoms with Crippen LogP contribution in [0, 0.1) is 5.92 Å². The van der Waals surface area contributed by atoms with Crippen molar-refractivity contribution in [1.82, 2.24) is 0 Å². The molecule has 0 N–H and O–H groups in total. The Bertz CT molecular complexity index is 380. The molecule has 19 heavy (non-hydrogen) atoms. The van der Waals surface area contributed by atoms with Crippen LogP contribution in [0.3, 0.4) is 0 Å². The van der Waals surface area contributed by atoms with Gasteiger partial charge in [-0.25, -0.2) is 0 Å². The molecule has 2 rings (SSSR count). The van der Waals surface area contributed by atoms with Gasteiger partial charge in [0.05, 0.1) is 6.61 Å². The highest BCUT2D eigenvalue weighted by Gasteiger charge is 2.18. The lowest BCUT2D eigenvalue weighted by Crippen LogP contribution is -2.16. The Morgan fingerprint density at radius 1 is 1.21 bits per heavy atom. The average Bonchev–Trinajstić information content (AvgIpc) is 2.47. The molecule has 104 valence electrons. The predicted molar refractivity (Wildman–Crippen MR) is 77.0 cm³/mol. The second kappa shape index (κ2) is 7.32. The Balaban J connectivity index is 1.71. The lowest BCUT2D eigenvalue weighted by molar-refractivity contribution is -0.145. The SMILES string of the molecule is CC(COC(=O)CC1CCCCC1)c1ccccc1. The summed E-state index contributed by atoms with van der Waals surface area (Å²) in [7, 11) is 0. The van der Waals surface area contributed by atoms with E-state index < -0.39 is 0 Å². The monoisotopic (exact) mass is 260 g/mol. The van der Waals surface area contributed by atoms with E-state index >= 15 is 0 Å². The minimum absolute atomic E-state index is 0.0188. The summed E-state index contributed by atoms with van der Waals surface area (Å²) in [5.74, 6) is 0.819. The van der Waals surface area contributed by atoms with E-state index in [4.69, 9.17) is 4.74 Å². The molecular weight excluding hydrogens is 236 g/mol. The first-order valence-electron chi connectivity index (χ1n) is 7.46. The molecule has 0 saturated heterocycles. The third-order valence-corrected chi connectivity index (χ3v) is 4.04. The van der Waals surface area contributed by atoms with Crippen molar-refractivity contribution >= 4 is 5.97 Å². The van der Waals surface area contributed by atoms with Gasteiger partial charge in [0.2, 0.25) is 0 Å². The van der Waals surface area contributed by atoms with Gasteiger partial charge in [-0.2, -0.15) is 0 Å². The normalized spacial score (nSPS) is 17.9. The van der Waals surface area contributed by atoms with E-state index in [2.05, 4.69) is 19.1 Å². The highest BCUT2D eigenvalue weighted by Crippen LogP contribution is 2.26. The Hall–Kier alpha value is -1.31. The fourth-order valence-electron chi connectivity index (χ4n) is 2.78. The van der Waals surface area contributed by atoms with Crippen LogP contribution in [0.5, 0.6) is 0 Å². The molecule has 0 aliphatic heterocycles. The number of benzene rings is 1. The fraction of sp³-hybridized carbons (Fsp3) is 0.588. The van der Waals surface area contributed by atoms with E-state index in [0.717, 1.165) is 0 Å². The molecule has 1 aromatic rings. The van der Waals surface area contributed by atoms with E-state index in [9.17, 15) is 4.79 Å². The molecule has 1 aliphatic carbocycles. The number of rotatable bonds is 5. The van der Waals surface area contributed by atoms with Gasteiger partial charge >= 0.3 is 5.97 Å². The molecule has 2 nitrogen and oxygen atoms in total. The van der Waals surface area contributed by atoms with Gasteiger partial charge in [0.1, 0.15) is 0 Å². The topological polar surface area (TPSA) is 26.3 Å². The number of hydrogen-bond acceptors (Lipinski definition) is 2. The summed E-state index contributed by atoms with van der Waals surface area (Å²) in [6.07, 6.45) is 6.89. The first-order chi connectivity index (χ1) is 9.25. The molecule has 0 amide bonds. The number of hydrogen-bond donors (Lipinski definition) is 0. The van der Waals surface area contributed by atoms with Crippen molar-refractivity contribution < 1.29 is 9.53 Å². The summed E-state index contributed by atoms with van der Waals surface area (Å²) >= 11 is 0. The first-order valence-corrected chi connectivity index (χ1v) is 7.46. The standard InChI is InChI=1S/C17H24O2/c1-14(16-10-6-3-7-11-16)13-19-17(18)12-15-8-4-2-5-9-15/h3,6-7,10-11,14-15H,2,4-5,8-9,12-13H2,1H3. The van der Waals surface area contributed by atoms with Crippen molar-refractivity contribution in [3.63, 3.8) is 0 Å². The van der Waals surface area contributed by atoms with Crippen molar-refractivity contribution in [3.05, 3.63) is 35.9 Å². The van der Waals surface area contributed by atoms with Gasteiger partial charge in [0.15, 0.2) is 0 Å². The van der Waals surface area contributed by atoms with Gasteiger partial charge in [-0.3, -0.25) is 4.79 Å². The second-order valence-electron chi connectivity index (χ2n) is 5.70. The van der Waals surface area contributed by atoms with E-state index in [-0.39, 0.29) is 11.9 Å². The maximum absolute atomic E-state index is 11.8. The van der Waals surface area contributed by atoms with Gasteiger partial charge in [0.25, 0.3) is 0 Å². The quantitative estimate of drug-likeness (QED) is 0.738. The van der Waals surface area contributed by atoms with Crippen molar-refractivity contribution in [2.75, 3.05) is 6.61 Å². The van der Waals surface area contributed by atoms with Gasteiger partial charge in [0, 0.05) is 12.3 Å². The lowest BCUT2D eigenvalue weighted by Gasteiger charge is -2.21. The van der Waals surface area contributed by atoms with Gasteiger partial charge in [-0.1, -0.05) is 56.5 Å². The summed E-state index contributed by atoms with van der Waals surface area (Å²) < 4.78 is 5.42. The molecule has 0 radical (unpaired) electrons. The second-order valence-corrected chi connectivity index (χ2v) is 5.70. The van der Waals surface area contributed by atoms with Crippen molar-refractivity contribution in [2.24, 2.45) is 5.92 Å². The van der Waals surface area contributed by atoms with Crippen molar-refractivity contribution in [1.29, 1.82) is 0 Å². The Morgan fingerprint density at radius 3 is 2.58 bits per heavy atom. The van der Waals surface area contributed by atoms with Crippen LogP contribution in [-0.2, 0) is 9.53 Å². The molecule has 1 aromatic carbocycles. The number of ether oxygens (including phenoxy) is 1. The third-order valence-electron chi connectivity index (χ3n) is 4.04. The lowest BCUT2D eigenvalue weighted by atomic mass is 9.87. The molecule has 0 spiro atoms. The summed E-state index contributed by atoms with van der Waals surface area (Å²) in [6, 6.07) is 10.2. The molecule has 0 aromatic heterocycles. The van der Waals surface area contributed by atoms with Crippen molar-refractivity contribution in [2.45, 2.75) is 51.4 Å². The van der Waals surface area contributed by atoms with Gasteiger partial charge in [-0.05, 0) is 24.3 Å². The summed E-state index contributed by atoms with van der Waals surface area (Å²) in [6.45, 7) is 2.60. The summed E-state index contributed by atoms with van der Waals surface area (Å²) in [4.78, 5) is 11.8. The van der Waals surface area contributed by atoms with Crippen LogP contribution in [0.2, 0.25) is 0 Å². The molecule has 2 heteroatoms. The van der Waals surface area contributed by atoms with Crippen LogP contribution < -0.4 is 0 Å². The van der Waals surface area contributed by atoms with E-state index in [1.54, 1.807) is 0 Å². The van der Waals surface area contributed by atoms with Gasteiger partial charge in [-0.15, -0.1) is 0 Å². The summed E-state index contributed by atoms with van der Waals surface area (Å²) in [5.41, 5.74) is 1.23. The molecule has 1 fully saturated rings. The molecule has 0 bridgehead atoms. The van der Waals surface area contributed by atoms with Crippen molar-refractivity contribution in [3.8, 4) is 0 Å². The van der Waals surface area contributed by atoms with E-state index in [1.165, 1.54) is 37.7 Å². The highest BCUT2D eigenvalue weighted by atomic mass is 16.5. The molecule has 0 heterocycles. The van der Waals surface area contributed by atoms with Crippen LogP contribution in [-0.4, -0.2) is 12.6 Å². The molecule has 1 saturated carbocycles. The molecule has 1 atom stereocenters. The van der Waals surface area contributed by atoms with Crippen LogP contribution >= 0.6 is 0 Å². The third kappa shape index (κ3) is 4.70. The smallest absolute Gasteiger partial charge is 0.306 e. The fourth-order valence-corrected chi connectivity index (χ4v) is 2.78. The minimum atomic E-state index is -0.0188. The van der Waals surface area contributed by atoms with Crippen LogP contribution in [0.25, 0.3) is 0 Å². The minimum Gasteiger partial charge on any atom is -0.465 e. The molecular formula is C17H24O2.